The van der Waals surface area contributed by atoms with Gasteiger partial charge in [-0.05, 0) is 23.1 Å². The van der Waals surface area contributed by atoms with Crippen molar-refractivity contribution in [3.63, 3.8) is 0 Å². The molecule has 0 fully saturated rings. The number of nitrogens with one attached hydrogen (secondary N) is 1. The van der Waals surface area contributed by atoms with Crippen molar-refractivity contribution in [2.24, 2.45) is 5.92 Å². The van der Waals surface area contributed by atoms with Gasteiger partial charge in [0, 0.05) is 19.4 Å². The van der Waals surface area contributed by atoms with E-state index in [0.29, 0.717) is 5.92 Å². The van der Waals surface area contributed by atoms with Crippen molar-refractivity contribution in [1.29, 1.82) is 0 Å². The number of benzene rings is 1. The Hall–Kier alpha value is -1.62. The average Bonchev–Trinajstić information content (AvgIpc) is 3.03. The molecule has 106 valence electrons. The molecule has 2 heterocycles. The molecule has 5 heteroatoms. The molecule has 1 N–H and O–H groups in total. The first-order valence-electron chi connectivity index (χ1n) is 7.01. The van der Waals surface area contributed by atoms with Crippen molar-refractivity contribution in [2.45, 2.75) is 33.2 Å². The Morgan fingerprint density at radius 2 is 2.25 bits per heavy atom. The minimum Gasteiger partial charge on any atom is -0.493 e. The second kappa shape index (κ2) is 5.79. The molecular weight excluding hydrogens is 270 g/mol. The molecule has 2 aromatic rings. The molecule has 0 unspecified atom stereocenters. The first-order valence-corrected chi connectivity index (χ1v) is 7.83. The Morgan fingerprint density at radius 1 is 1.35 bits per heavy atom. The number of fused-ring (bicyclic) bond motifs is 1. The SMILES string of the molecule is CC(C)Cc1nnc(NCc2ccc3c(c2)CCO3)s1. The maximum atomic E-state index is 5.52. The lowest BCUT2D eigenvalue weighted by Crippen LogP contribution is -1.99. The van der Waals surface area contributed by atoms with Gasteiger partial charge in [-0.2, -0.15) is 0 Å². The van der Waals surface area contributed by atoms with E-state index in [9.17, 15) is 0 Å². The molecule has 1 aliphatic heterocycles. The number of ether oxygens (including phenoxy) is 1. The van der Waals surface area contributed by atoms with Gasteiger partial charge in [0.2, 0.25) is 5.13 Å². The summed E-state index contributed by atoms with van der Waals surface area (Å²) < 4.78 is 5.52. The van der Waals surface area contributed by atoms with Crippen LogP contribution in [0.15, 0.2) is 18.2 Å². The van der Waals surface area contributed by atoms with Gasteiger partial charge in [-0.15, -0.1) is 10.2 Å². The summed E-state index contributed by atoms with van der Waals surface area (Å²) in [4.78, 5) is 0. The zero-order valence-corrected chi connectivity index (χ0v) is 12.7. The Kier molecular flexibility index (Phi) is 3.87. The Balaban J connectivity index is 1.60. The Bertz CT molecular complexity index is 595. The molecule has 0 atom stereocenters. The monoisotopic (exact) mass is 289 g/mol. The largest absolute Gasteiger partial charge is 0.493 e. The zero-order valence-electron chi connectivity index (χ0n) is 11.8. The summed E-state index contributed by atoms with van der Waals surface area (Å²) in [6.45, 7) is 5.98. The lowest BCUT2D eigenvalue weighted by Gasteiger charge is -2.04. The smallest absolute Gasteiger partial charge is 0.205 e. The fourth-order valence-corrected chi connectivity index (χ4v) is 3.23. The van der Waals surface area contributed by atoms with Crippen molar-refractivity contribution < 1.29 is 4.74 Å². The van der Waals surface area contributed by atoms with Crippen LogP contribution < -0.4 is 10.1 Å². The van der Waals surface area contributed by atoms with E-state index in [2.05, 4.69) is 47.6 Å². The molecule has 0 bridgehead atoms. The van der Waals surface area contributed by atoms with Crippen LogP contribution in [0.1, 0.15) is 30.0 Å². The normalized spacial score (nSPS) is 13.3. The van der Waals surface area contributed by atoms with Crippen molar-refractivity contribution in [3.8, 4) is 5.75 Å². The lowest BCUT2D eigenvalue weighted by atomic mass is 10.1. The molecule has 0 spiro atoms. The molecule has 0 aliphatic carbocycles. The van der Waals surface area contributed by atoms with E-state index < -0.39 is 0 Å². The molecule has 4 nitrogen and oxygen atoms in total. The molecule has 3 rings (SSSR count). The summed E-state index contributed by atoms with van der Waals surface area (Å²) in [5.74, 6) is 1.65. The van der Waals surface area contributed by atoms with Crippen LogP contribution in [0.4, 0.5) is 5.13 Å². The maximum Gasteiger partial charge on any atom is 0.205 e. The third kappa shape index (κ3) is 3.10. The lowest BCUT2D eigenvalue weighted by molar-refractivity contribution is 0.357. The second-order valence-electron chi connectivity index (χ2n) is 5.49. The van der Waals surface area contributed by atoms with E-state index in [1.54, 1.807) is 11.3 Å². The highest BCUT2D eigenvalue weighted by atomic mass is 32.1. The van der Waals surface area contributed by atoms with Crippen LogP contribution in [0.25, 0.3) is 0 Å². The maximum absolute atomic E-state index is 5.52. The summed E-state index contributed by atoms with van der Waals surface area (Å²) in [6.07, 6.45) is 2.01. The number of nitrogens with zero attached hydrogens (tertiary/aromatic N) is 2. The summed E-state index contributed by atoms with van der Waals surface area (Å²) in [5, 5.41) is 13.8. The predicted octanol–water partition coefficient (Wildman–Crippen LogP) is 3.28. The first-order chi connectivity index (χ1) is 9.70. The highest BCUT2D eigenvalue weighted by Gasteiger charge is 2.12. The number of hydrogen-bond acceptors (Lipinski definition) is 5. The molecular formula is C15H19N3OS. The quantitative estimate of drug-likeness (QED) is 0.917. The van der Waals surface area contributed by atoms with Crippen LogP contribution in [0.5, 0.6) is 5.75 Å². The molecule has 0 radical (unpaired) electrons. The van der Waals surface area contributed by atoms with Crippen molar-refractivity contribution in [3.05, 3.63) is 34.3 Å². The molecule has 0 saturated carbocycles. The van der Waals surface area contributed by atoms with Gasteiger partial charge >= 0.3 is 0 Å². The highest BCUT2D eigenvalue weighted by molar-refractivity contribution is 7.15. The van der Waals surface area contributed by atoms with Crippen molar-refractivity contribution >= 4 is 16.5 Å². The van der Waals surface area contributed by atoms with Gasteiger partial charge in [-0.3, -0.25) is 0 Å². The third-order valence-electron chi connectivity index (χ3n) is 3.25. The van der Waals surface area contributed by atoms with E-state index >= 15 is 0 Å². The van der Waals surface area contributed by atoms with Gasteiger partial charge < -0.3 is 10.1 Å². The summed E-state index contributed by atoms with van der Waals surface area (Å²) >= 11 is 1.65. The molecule has 0 amide bonds. The summed E-state index contributed by atoms with van der Waals surface area (Å²) in [7, 11) is 0. The van der Waals surface area contributed by atoms with E-state index in [-0.39, 0.29) is 0 Å². The van der Waals surface area contributed by atoms with Crippen molar-refractivity contribution in [1.82, 2.24) is 10.2 Å². The Labute approximate surface area is 123 Å². The van der Waals surface area contributed by atoms with E-state index in [1.165, 1.54) is 11.1 Å². The third-order valence-corrected chi connectivity index (χ3v) is 4.15. The number of rotatable bonds is 5. The molecule has 20 heavy (non-hydrogen) atoms. The fraction of sp³-hybridized carbons (Fsp3) is 0.467. The number of aromatic nitrogens is 2. The molecule has 1 aromatic heterocycles. The van der Waals surface area contributed by atoms with Crippen LogP contribution in [0.3, 0.4) is 0 Å². The van der Waals surface area contributed by atoms with E-state index in [4.69, 9.17) is 4.74 Å². The van der Waals surface area contributed by atoms with Crippen LogP contribution in [-0.4, -0.2) is 16.8 Å². The van der Waals surface area contributed by atoms with E-state index in [0.717, 1.165) is 41.9 Å². The Morgan fingerprint density at radius 3 is 3.10 bits per heavy atom. The van der Waals surface area contributed by atoms with Gasteiger partial charge in [-0.25, -0.2) is 0 Å². The first kappa shape index (κ1) is 13.4. The van der Waals surface area contributed by atoms with Crippen molar-refractivity contribution in [2.75, 3.05) is 11.9 Å². The summed E-state index contributed by atoms with van der Waals surface area (Å²) in [5.41, 5.74) is 2.57. The molecule has 1 aromatic carbocycles. The molecule has 0 saturated heterocycles. The summed E-state index contributed by atoms with van der Waals surface area (Å²) in [6, 6.07) is 6.38. The minimum absolute atomic E-state index is 0.618. The van der Waals surface area contributed by atoms with Crippen LogP contribution in [0, 0.1) is 5.92 Å². The molecule has 1 aliphatic rings. The van der Waals surface area contributed by atoms with Crippen LogP contribution >= 0.6 is 11.3 Å². The second-order valence-corrected chi connectivity index (χ2v) is 6.56. The van der Waals surface area contributed by atoms with Gasteiger partial charge in [0.05, 0.1) is 6.61 Å². The minimum atomic E-state index is 0.618. The van der Waals surface area contributed by atoms with Gasteiger partial charge in [0.25, 0.3) is 0 Å². The van der Waals surface area contributed by atoms with Gasteiger partial charge in [0.1, 0.15) is 10.8 Å². The van der Waals surface area contributed by atoms with Gasteiger partial charge in [-0.1, -0.05) is 37.3 Å². The standard InChI is InChI=1S/C15H19N3OS/c1-10(2)7-14-17-18-15(20-14)16-9-11-3-4-13-12(8-11)5-6-19-13/h3-4,8,10H,5-7,9H2,1-2H3,(H,16,18). The highest BCUT2D eigenvalue weighted by Crippen LogP contribution is 2.26. The van der Waals surface area contributed by atoms with Gasteiger partial charge in [0.15, 0.2) is 0 Å². The number of anilines is 1. The topological polar surface area (TPSA) is 47.0 Å². The average molecular weight is 289 g/mol. The predicted molar refractivity (Wildman–Crippen MR) is 81.4 cm³/mol. The fourth-order valence-electron chi connectivity index (χ4n) is 2.28. The number of hydrogen-bond donors (Lipinski definition) is 1. The van der Waals surface area contributed by atoms with Crippen LogP contribution in [0.2, 0.25) is 0 Å². The zero-order chi connectivity index (χ0) is 13.9. The van der Waals surface area contributed by atoms with E-state index in [1.807, 2.05) is 0 Å². The van der Waals surface area contributed by atoms with Crippen LogP contribution in [-0.2, 0) is 19.4 Å².